The third kappa shape index (κ3) is 3.84. The van der Waals surface area contributed by atoms with Gasteiger partial charge in [-0.05, 0) is 42.0 Å². The number of aliphatic imine (C=N–C) groups is 1. The van der Waals surface area contributed by atoms with E-state index in [-0.39, 0.29) is 21.8 Å². The highest BCUT2D eigenvalue weighted by molar-refractivity contribution is 7.99. The molecule has 1 aliphatic rings. The van der Waals surface area contributed by atoms with E-state index in [2.05, 4.69) is 0 Å². The van der Waals surface area contributed by atoms with E-state index in [1.165, 1.54) is 18.2 Å². The Hall–Kier alpha value is -2.01. The fourth-order valence-corrected chi connectivity index (χ4v) is 4.76. The summed E-state index contributed by atoms with van der Waals surface area (Å²) in [6, 6.07) is 17.5. The molecule has 4 rings (SSSR count). The first kappa shape index (κ1) is 18.4. The maximum Gasteiger partial charge on any atom is 0.143 e. The number of halogens is 3. The van der Waals surface area contributed by atoms with Crippen LogP contribution >= 0.6 is 35.0 Å². The van der Waals surface area contributed by atoms with Crippen molar-refractivity contribution in [1.29, 1.82) is 0 Å². The van der Waals surface area contributed by atoms with Crippen molar-refractivity contribution in [1.82, 2.24) is 0 Å². The summed E-state index contributed by atoms with van der Waals surface area (Å²) in [6.45, 7) is 0. The largest absolute Gasteiger partial charge is 0.506 e. The molecule has 0 saturated carbocycles. The van der Waals surface area contributed by atoms with Crippen LogP contribution in [0.25, 0.3) is 0 Å². The predicted molar refractivity (Wildman–Crippen MR) is 110 cm³/mol. The molecule has 0 fully saturated rings. The summed E-state index contributed by atoms with van der Waals surface area (Å²) in [5.74, 6) is -0.312. The fourth-order valence-electron chi connectivity index (χ4n) is 3.03. The zero-order valence-electron chi connectivity index (χ0n) is 14.0. The summed E-state index contributed by atoms with van der Waals surface area (Å²) >= 11 is 13.9. The van der Waals surface area contributed by atoms with Gasteiger partial charge in [-0.1, -0.05) is 47.5 Å². The molecular formula is C21H14Cl2FNOS. The van der Waals surface area contributed by atoms with E-state index < -0.39 is 0 Å². The van der Waals surface area contributed by atoms with Crippen molar-refractivity contribution >= 4 is 46.4 Å². The van der Waals surface area contributed by atoms with Gasteiger partial charge in [0.1, 0.15) is 11.6 Å². The van der Waals surface area contributed by atoms with Crippen LogP contribution in [0.2, 0.25) is 10.0 Å². The first-order valence-electron chi connectivity index (χ1n) is 8.28. The third-order valence-corrected chi connectivity index (χ3v) is 6.18. The van der Waals surface area contributed by atoms with Crippen LogP contribution in [0.3, 0.4) is 0 Å². The number of para-hydroxylation sites is 1. The maximum atomic E-state index is 13.4. The monoisotopic (exact) mass is 417 g/mol. The minimum atomic E-state index is -0.272. The van der Waals surface area contributed by atoms with E-state index >= 15 is 0 Å². The van der Waals surface area contributed by atoms with E-state index in [0.717, 1.165) is 16.1 Å². The Balaban J connectivity index is 1.85. The van der Waals surface area contributed by atoms with Gasteiger partial charge in [-0.15, -0.1) is 11.8 Å². The topological polar surface area (TPSA) is 32.6 Å². The number of nitrogens with zero attached hydrogens (tertiary/aromatic N) is 1. The molecule has 2 nitrogen and oxygen atoms in total. The van der Waals surface area contributed by atoms with Crippen LogP contribution in [0.15, 0.2) is 70.6 Å². The van der Waals surface area contributed by atoms with Crippen LogP contribution in [0.4, 0.5) is 10.1 Å². The van der Waals surface area contributed by atoms with Crippen molar-refractivity contribution in [2.24, 2.45) is 4.99 Å². The number of rotatable bonds is 2. The second kappa shape index (κ2) is 7.55. The van der Waals surface area contributed by atoms with Gasteiger partial charge in [-0.25, -0.2) is 4.39 Å². The van der Waals surface area contributed by atoms with Crippen LogP contribution in [-0.2, 0) is 0 Å². The fraction of sp³-hybridized carbons (Fsp3) is 0.0952. The number of hydrogen-bond acceptors (Lipinski definition) is 3. The molecule has 136 valence electrons. The lowest BCUT2D eigenvalue weighted by Crippen LogP contribution is -2.06. The Morgan fingerprint density at radius 1 is 1.04 bits per heavy atom. The molecule has 0 amide bonds. The van der Waals surface area contributed by atoms with Gasteiger partial charge >= 0.3 is 0 Å². The van der Waals surface area contributed by atoms with Gasteiger partial charge in [0.2, 0.25) is 0 Å². The standard InChI is InChI=1S/C21H14Cl2FNOS/c22-13-9-15(21(26)16(23)10-13)18-11-20(12-5-7-14(24)8-6-12)27-19-4-2-1-3-17(19)25-18/h1-10,20,26H,11H2. The molecule has 1 aliphatic heterocycles. The van der Waals surface area contributed by atoms with Gasteiger partial charge in [-0.2, -0.15) is 0 Å². The van der Waals surface area contributed by atoms with Crippen molar-refractivity contribution in [2.75, 3.05) is 0 Å². The minimum Gasteiger partial charge on any atom is -0.506 e. The van der Waals surface area contributed by atoms with Crippen molar-refractivity contribution < 1.29 is 9.50 Å². The van der Waals surface area contributed by atoms with E-state index in [4.69, 9.17) is 28.2 Å². The molecule has 27 heavy (non-hydrogen) atoms. The second-order valence-corrected chi connectivity index (χ2v) is 8.26. The van der Waals surface area contributed by atoms with E-state index in [0.29, 0.717) is 22.7 Å². The zero-order chi connectivity index (χ0) is 19.0. The lowest BCUT2D eigenvalue weighted by Gasteiger charge is -2.17. The molecule has 0 radical (unpaired) electrons. The van der Waals surface area contributed by atoms with Crippen molar-refractivity contribution in [3.05, 3.63) is 87.7 Å². The average molecular weight is 418 g/mol. The molecule has 1 heterocycles. The predicted octanol–water partition coefficient (Wildman–Crippen LogP) is 7.20. The van der Waals surface area contributed by atoms with Gasteiger partial charge < -0.3 is 5.11 Å². The molecule has 1 N–H and O–H groups in total. The highest BCUT2D eigenvalue weighted by atomic mass is 35.5. The lowest BCUT2D eigenvalue weighted by molar-refractivity contribution is 0.474. The summed E-state index contributed by atoms with van der Waals surface area (Å²) in [7, 11) is 0. The van der Waals surface area contributed by atoms with Crippen molar-refractivity contribution in [3.8, 4) is 5.75 Å². The Labute approximate surface area is 170 Å². The number of hydrogen-bond donors (Lipinski definition) is 1. The quantitative estimate of drug-likeness (QED) is 0.478. The van der Waals surface area contributed by atoms with Crippen LogP contribution in [-0.4, -0.2) is 10.8 Å². The first-order chi connectivity index (χ1) is 13.0. The molecule has 3 aromatic carbocycles. The van der Waals surface area contributed by atoms with E-state index in [1.54, 1.807) is 30.0 Å². The molecular weight excluding hydrogens is 404 g/mol. The highest BCUT2D eigenvalue weighted by Gasteiger charge is 2.24. The number of benzene rings is 3. The van der Waals surface area contributed by atoms with E-state index in [9.17, 15) is 9.50 Å². The Kier molecular flexibility index (Phi) is 5.13. The Bertz CT molecular complexity index is 1040. The molecule has 0 saturated heterocycles. The Morgan fingerprint density at radius 3 is 2.56 bits per heavy atom. The van der Waals surface area contributed by atoms with E-state index in [1.807, 2.05) is 24.3 Å². The lowest BCUT2D eigenvalue weighted by atomic mass is 10.0. The second-order valence-electron chi connectivity index (χ2n) is 6.17. The van der Waals surface area contributed by atoms with Gasteiger partial charge in [0, 0.05) is 27.2 Å². The molecule has 0 spiro atoms. The SMILES string of the molecule is Oc1c(Cl)cc(Cl)cc1C1=Nc2ccccc2SC(c2ccc(F)cc2)C1. The molecule has 3 aromatic rings. The molecule has 0 bridgehead atoms. The number of phenolic OH excluding ortho intramolecular Hbond substituents is 1. The molecule has 0 aliphatic carbocycles. The van der Waals surface area contributed by atoms with Crippen molar-refractivity contribution in [2.45, 2.75) is 16.6 Å². The summed E-state index contributed by atoms with van der Waals surface area (Å²) in [5, 5.41) is 11.1. The van der Waals surface area contributed by atoms with Crippen molar-refractivity contribution in [3.63, 3.8) is 0 Å². The van der Waals surface area contributed by atoms with Crippen LogP contribution in [0.5, 0.6) is 5.75 Å². The van der Waals surface area contributed by atoms with Gasteiger partial charge in [0.15, 0.2) is 0 Å². The summed E-state index contributed by atoms with van der Waals surface area (Å²) in [4.78, 5) is 5.81. The van der Waals surface area contributed by atoms with Crippen LogP contribution in [0, 0.1) is 5.82 Å². The minimum absolute atomic E-state index is 0.00478. The van der Waals surface area contributed by atoms with Crippen LogP contribution < -0.4 is 0 Å². The highest BCUT2D eigenvalue weighted by Crippen LogP contribution is 2.46. The maximum absolute atomic E-state index is 13.4. The normalized spacial score (nSPS) is 16.4. The zero-order valence-corrected chi connectivity index (χ0v) is 16.3. The Morgan fingerprint density at radius 2 is 1.78 bits per heavy atom. The van der Waals surface area contributed by atoms with Gasteiger partial charge in [-0.3, -0.25) is 4.99 Å². The first-order valence-corrected chi connectivity index (χ1v) is 9.92. The molecule has 6 heteroatoms. The summed E-state index contributed by atoms with van der Waals surface area (Å²) in [5.41, 5.74) is 3.00. The summed E-state index contributed by atoms with van der Waals surface area (Å²) in [6.07, 6.45) is 0.537. The van der Waals surface area contributed by atoms with Crippen LogP contribution in [0.1, 0.15) is 22.8 Å². The summed E-state index contributed by atoms with van der Waals surface area (Å²) < 4.78 is 13.4. The third-order valence-electron chi connectivity index (χ3n) is 4.35. The molecule has 1 unspecified atom stereocenters. The number of phenols is 1. The number of aromatic hydroxyl groups is 1. The van der Waals surface area contributed by atoms with Gasteiger partial charge in [0.25, 0.3) is 0 Å². The molecule has 1 atom stereocenters. The number of fused-ring (bicyclic) bond motifs is 1. The average Bonchev–Trinajstić information content (AvgIpc) is 2.85. The number of thioether (sulfide) groups is 1. The molecule has 0 aromatic heterocycles. The smallest absolute Gasteiger partial charge is 0.143 e. The van der Waals surface area contributed by atoms with Gasteiger partial charge in [0.05, 0.1) is 16.4 Å².